The summed E-state index contributed by atoms with van der Waals surface area (Å²) in [5.74, 6) is -1.13. The van der Waals surface area contributed by atoms with E-state index in [1.807, 2.05) is 6.92 Å². The van der Waals surface area contributed by atoms with Crippen molar-refractivity contribution in [3.8, 4) is 0 Å². The third-order valence-corrected chi connectivity index (χ3v) is 5.81. The Hall–Kier alpha value is -2.13. The van der Waals surface area contributed by atoms with Crippen molar-refractivity contribution < 1.29 is 27.9 Å². The van der Waals surface area contributed by atoms with Crippen molar-refractivity contribution in [2.45, 2.75) is 70.0 Å². The second kappa shape index (κ2) is 8.48. The SMILES string of the molecule is CCCCNS(=O)(=O)c1ccc2c(c1)CN(C(=O)OC(C)(C)C)C(C(=O)O)C2. The van der Waals surface area contributed by atoms with E-state index in [4.69, 9.17) is 4.74 Å². The van der Waals surface area contributed by atoms with E-state index in [-0.39, 0.29) is 17.9 Å². The molecular weight excluding hydrogens is 384 g/mol. The Balaban J connectivity index is 2.31. The molecule has 9 heteroatoms. The molecule has 1 atom stereocenters. The van der Waals surface area contributed by atoms with Gasteiger partial charge in [-0.1, -0.05) is 19.4 Å². The smallest absolute Gasteiger partial charge is 0.411 e. The molecule has 2 rings (SSSR count). The Morgan fingerprint density at radius 2 is 1.96 bits per heavy atom. The molecule has 0 aromatic heterocycles. The fraction of sp³-hybridized carbons (Fsp3) is 0.579. The number of carbonyl (C=O) groups is 2. The van der Waals surface area contributed by atoms with Gasteiger partial charge in [0.05, 0.1) is 11.4 Å². The van der Waals surface area contributed by atoms with E-state index in [2.05, 4.69) is 4.72 Å². The molecule has 156 valence electrons. The number of amides is 1. The highest BCUT2D eigenvalue weighted by Gasteiger charge is 2.37. The molecule has 1 aromatic carbocycles. The summed E-state index contributed by atoms with van der Waals surface area (Å²) in [6.07, 6.45) is 0.957. The average Bonchev–Trinajstić information content (AvgIpc) is 2.58. The van der Waals surface area contributed by atoms with E-state index in [1.165, 1.54) is 12.1 Å². The molecule has 1 amide bonds. The van der Waals surface area contributed by atoms with Gasteiger partial charge in [-0.2, -0.15) is 0 Å². The summed E-state index contributed by atoms with van der Waals surface area (Å²) in [6, 6.07) is 3.52. The van der Waals surface area contributed by atoms with Gasteiger partial charge in [-0.3, -0.25) is 4.90 Å². The van der Waals surface area contributed by atoms with Crippen LogP contribution in [0.1, 0.15) is 51.7 Å². The Morgan fingerprint density at radius 1 is 1.29 bits per heavy atom. The molecule has 0 spiro atoms. The number of ether oxygens (including phenoxy) is 1. The van der Waals surface area contributed by atoms with E-state index in [0.29, 0.717) is 17.7 Å². The van der Waals surface area contributed by atoms with Gasteiger partial charge >= 0.3 is 12.1 Å². The fourth-order valence-corrected chi connectivity index (χ4v) is 4.05. The monoisotopic (exact) mass is 412 g/mol. The largest absolute Gasteiger partial charge is 0.480 e. The Morgan fingerprint density at radius 3 is 2.54 bits per heavy atom. The predicted molar refractivity (Wildman–Crippen MR) is 103 cm³/mol. The first-order valence-corrected chi connectivity index (χ1v) is 10.8. The number of hydrogen-bond acceptors (Lipinski definition) is 5. The van der Waals surface area contributed by atoms with Gasteiger partial charge in [-0.05, 0) is 50.5 Å². The van der Waals surface area contributed by atoms with Gasteiger partial charge in [-0.15, -0.1) is 0 Å². The lowest BCUT2D eigenvalue weighted by Gasteiger charge is -2.35. The standard InChI is InChI=1S/C19H28N2O6S/c1-5-6-9-20-28(25,26)15-8-7-13-11-16(17(22)23)21(12-14(13)10-15)18(24)27-19(2,3)4/h7-8,10,16,20H,5-6,9,11-12H2,1-4H3,(H,22,23). The lowest BCUT2D eigenvalue weighted by Crippen LogP contribution is -2.50. The van der Waals surface area contributed by atoms with Crippen LogP contribution in [0.2, 0.25) is 0 Å². The highest BCUT2D eigenvalue weighted by Crippen LogP contribution is 2.27. The number of carbonyl (C=O) groups excluding carboxylic acids is 1. The molecule has 8 nitrogen and oxygen atoms in total. The van der Waals surface area contributed by atoms with Crippen molar-refractivity contribution in [1.29, 1.82) is 0 Å². The van der Waals surface area contributed by atoms with Crippen LogP contribution in [-0.4, -0.2) is 48.7 Å². The summed E-state index contributed by atoms with van der Waals surface area (Å²) in [4.78, 5) is 25.4. The van der Waals surface area contributed by atoms with E-state index in [9.17, 15) is 23.1 Å². The normalized spacial score (nSPS) is 17.1. The maximum atomic E-state index is 12.5. The number of carboxylic acids is 1. The zero-order chi connectivity index (χ0) is 21.1. The Bertz CT molecular complexity index is 844. The summed E-state index contributed by atoms with van der Waals surface area (Å²) in [6.45, 7) is 7.39. The quantitative estimate of drug-likeness (QED) is 0.694. The number of nitrogens with one attached hydrogen (secondary N) is 1. The number of rotatable bonds is 6. The number of carboxylic acid groups (broad SMARTS) is 1. The van der Waals surface area contributed by atoms with Gasteiger partial charge in [0.15, 0.2) is 0 Å². The number of benzene rings is 1. The molecule has 28 heavy (non-hydrogen) atoms. The van der Waals surface area contributed by atoms with Gasteiger partial charge in [-0.25, -0.2) is 22.7 Å². The van der Waals surface area contributed by atoms with Crippen LogP contribution in [0.3, 0.4) is 0 Å². The molecular formula is C19H28N2O6S. The predicted octanol–water partition coefficient (Wildman–Crippen LogP) is 2.51. The zero-order valence-electron chi connectivity index (χ0n) is 16.7. The van der Waals surface area contributed by atoms with Crippen LogP contribution in [0.15, 0.2) is 23.1 Å². The molecule has 2 N–H and O–H groups in total. The number of hydrogen-bond donors (Lipinski definition) is 2. The number of fused-ring (bicyclic) bond motifs is 1. The minimum atomic E-state index is -3.66. The van der Waals surface area contributed by atoms with Crippen molar-refractivity contribution in [3.05, 3.63) is 29.3 Å². The third kappa shape index (κ3) is 5.45. The van der Waals surface area contributed by atoms with Crippen molar-refractivity contribution in [1.82, 2.24) is 9.62 Å². The Labute approximate surface area is 165 Å². The van der Waals surface area contributed by atoms with Crippen LogP contribution in [0.25, 0.3) is 0 Å². The van der Waals surface area contributed by atoms with E-state index in [0.717, 1.165) is 17.7 Å². The van der Waals surface area contributed by atoms with Crippen LogP contribution in [0.5, 0.6) is 0 Å². The van der Waals surface area contributed by atoms with Crippen LogP contribution >= 0.6 is 0 Å². The van der Waals surface area contributed by atoms with Crippen molar-refractivity contribution in [3.63, 3.8) is 0 Å². The maximum absolute atomic E-state index is 12.5. The van der Waals surface area contributed by atoms with Gasteiger partial charge in [0, 0.05) is 13.0 Å². The molecule has 0 saturated carbocycles. The lowest BCUT2D eigenvalue weighted by molar-refractivity contribution is -0.143. The summed E-state index contributed by atoms with van der Waals surface area (Å²) in [5.41, 5.74) is 0.538. The number of aliphatic carboxylic acids is 1. The van der Waals surface area contributed by atoms with Gasteiger partial charge in [0.25, 0.3) is 0 Å². The van der Waals surface area contributed by atoms with E-state index < -0.39 is 33.7 Å². The molecule has 1 aliphatic rings. The summed E-state index contributed by atoms with van der Waals surface area (Å²) >= 11 is 0. The molecule has 1 unspecified atom stereocenters. The first-order chi connectivity index (χ1) is 12.9. The fourth-order valence-electron chi connectivity index (χ4n) is 2.93. The van der Waals surface area contributed by atoms with E-state index >= 15 is 0 Å². The molecule has 1 heterocycles. The van der Waals surface area contributed by atoms with Crippen LogP contribution < -0.4 is 4.72 Å². The summed E-state index contributed by atoms with van der Waals surface area (Å²) < 4.78 is 32.8. The van der Waals surface area contributed by atoms with Gasteiger partial charge in [0.1, 0.15) is 11.6 Å². The van der Waals surface area contributed by atoms with Crippen LogP contribution in [0, 0.1) is 0 Å². The summed E-state index contributed by atoms with van der Waals surface area (Å²) in [5, 5.41) is 9.53. The second-order valence-electron chi connectivity index (χ2n) is 7.85. The van der Waals surface area contributed by atoms with Gasteiger partial charge < -0.3 is 9.84 Å². The molecule has 1 aliphatic heterocycles. The maximum Gasteiger partial charge on any atom is 0.411 e. The number of sulfonamides is 1. The first kappa shape index (κ1) is 22.2. The highest BCUT2D eigenvalue weighted by atomic mass is 32.2. The van der Waals surface area contributed by atoms with E-state index in [1.54, 1.807) is 26.8 Å². The lowest BCUT2D eigenvalue weighted by atomic mass is 9.94. The molecule has 0 bridgehead atoms. The van der Waals surface area contributed by atoms with Crippen LogP contribution in [-0.2, 0) is 32.5 Å². The van der Waals surface area contributed by atoms with Crippen molar-refractivity contribution in [2.24, 2.45) is 0 Å². The van der Waals surface area contributed by atoms with Crippen molar-refractivity contribution in [2.75, 3.05) is 6.54 Å². The van der Waals surface area contributed by atoms with Crippen LogP contribution in [0.4, 0.5) is 4.79 Å². The second-order valence-corrected chi connectivity index (χ2v) is 9.62. The van der Waals surface area contributed by atoms with Crippen molar-refractivity contribution >= 4 is 22.1 Å². The zero-order valence-corrected chi connectivity index (χ0v) is 17.5. The molecule has 1 aromatic rings. The molecule has 0 fully saturated rings. The first-order valence-electron chi connectivity index (χ1n) is 9.28. The number of unbranched alkanes of at least 4 members (excludes halogenated alkanes) is 1. The topological polar surface area (TPSA) is 113 Å². The molecule has 0 radical (unpaired) electrons. The minimum Gasteiger partial charge on any atom is -0.480 e. The molecule has 0 aliphatic carbocycles. The highest BCUT2D eigenvalue weighted by molar-refractivity contribution is 7.89. The third-order valence-electron chi connectivity index (χ3n) is 4.35. The summed E-state index contributed by atoms with van der Waals surface area (Å²) in [7, 11) is -3.66. The minimum absolute atomic E-state index is 0.0282. The average molecular weight is 413 g/mol. The Kier molecular flexibility index (Phi) is 6.71. The van der Waals surface area contributed by atoms with Gasteiger partial charge in [0.2, 0.25) is 10.0 Å². The number of nitrogens with zero attached hydrogens (tertiary/aromatic N) is 1. The molecule has 0 saturated heterocycles.